The lowest BCUT2D eigenvalue weighted by molar-refractivity contribution is -0.121. The first-order valence-corrected chi connectivity index (χ1v) is 7.19. The Morgan fingerprint density at radius 2 is 2.33 bits per heavy atom. The molecule has 5 heteroatoms. The lowest BCUT2D eigenvalue weighted by atomic mass is 10.1. The predicted octanol–water partition coefficient (Wildman–Crippen LogP) is 2.39. The number of thiophene rings is 1. The lowest BCUT2D eigenvalue weighted by Gasteiger charge is -2.12. The van der Waals surface area contributed by atoms with E-state index in [2.05, 4.69) is 5.32 Å². The molecule has 18 heavy (non-hydrogen) atoms. The molecule has 2 atom stereocenters. The van der Waals surface area contributed by atoms with Crippen molar-refractivity contribution in [2.75, 3.05) is 6.61 Å². The molecule has 0 saturated carbocycles. The van der Waals surface area contributed by atoms with Gasteiger partial charge in [-0.05, 0) is 25.0 Å². The SMILES string of the molecule is O=C(CCc1ccc(Cl)s1)N[C@@H]1C=C[C@H](CO)C1. The van der Waals surface area contributed by atoms with Crippen LogP contribution in [0.3, 0.4) is 0 Å². The van der Waals surface area contributed by atoms with Gasteiger partial charge in [-0.1, -0.05) is 23.8 Å². The maximum Gasteiger partial charge on any atom is 0.220 e. The van der Waals surface area contributed by atoms with Crippen molar-refractivity contribution in [1.82, 2.24) is 5.32 Å². The van der Waals surface area contributed by atoms with E-state index >= 15 is 0 Å². The Labute approximate surface area is 115 Å². The third-order valence-corrected chi connectivity index (χ3v) is 4.27. The molecule has 0 unspecified atom stereocenters. The fourth-order valence-electron chi connectivity index (χ4n) is 2.02. The largest absolute Gasteiger partial charge is 0.396 e. The summed E-state index contributed by atoms with van der Waals surface area (Å²) in [4.78, 5) is 12.9. The average molecular weight is 286 g/mol. The van der Waals surface area contributed by atoms with Crippen LogP contribution in [0.2, 0.25) is 4.34 Å². The highest BCUT2D eigenvalue weighted by Gasteiger charge is 2.19. The van der Waals surface area contributed by atoms with Gasteiger partial charge in [0.15, 0.2) is 0 Å². The predicted molar refractivity (Wildman–Crippen MR) is 73.9 cm³/mol. The van der Waals surface area contributed by atoms with Crippen LogP contribution in [0.25, 0.3) is 0 Å². The number of carbonyl (C=O) groups is 1. The van der Waals surface area contributed by atoms with Crippen molar-refractivity contribution in [3.63, 3.8) is 0 Å². The van der Waals surface area contributed by atoms with Crippen LogP contribution in [0, 0.1) is 5.92 Å². The summed E-state index contributed by atoms with van der Waals surface area (Å²) in [6, 6.07) is 3.88. The standard InChI is InChI=1S/C13H16ClNO2S/c14-12-5-3-11(18-12)4-6-13(17)15-10-2-1-9(7-10)8-16/h1-3,5,9-10,16H,4,6-8H2,(H,15,17)/t9-,10+/m0/s1. The van der Waals surface area contributed by atoms with Gasteiger partial charge in [-0.15, -0.1) is 11.3 Å². The van der Waals surface area contributed by atoms with Gasteiger partial charge in [0.2, 0.25) is 5.91 Å². The minimum absolute atomic E-state index is 0.0489. The fourth-order valence-corrected chi connectivity index (χ4v) is 3.11. The molecule has 98 valence electrons. The molecule has 0 spiro atoms. The summed E-state index contributed by atoms with van der Waals surface area (Å²) in [6.07, 6.45) is 5.92. The molecular weight excluding hydrogens is 270 g/mol. The van der Waals surface area contributed by atoms with Crippen LogP contribution < -0.4 is 5.32 Å². The molecular formula is C13H16ClNO2S. The van der Waals surface area contributed by atoms with Crippen LogP contribution in [0.5, 0.6) is 0 Å². The molecule has 0 fully saturated rings. The van der Waals surface area contributed by atoms with E-state index in [1.165, 1.54) is 11.3 Å². The Morgan fingerprint density at radius 3 is 2.94 bits per heavy atom. The van der Waals surface area contributed by atoms with Gasteiger partial charge in [-0.3, -0.25) is 4.79 Å². The second kappa shape index (κ2) is 6.36. The van der Waals surface area contributed by atoms with Crippen molar-refractivity contribution in [3.05, 3.63) is 33.5 Å². The molecule has 1 heterocycles. The number of aryl methyl sites for hydroxylation is 1. The summed E-state index contributed by atoms with van der Waals surface area (Å²) >= 11 is 7.35. The van der Waals surface area contributed by atoms with Crippen LogP contribution in [-0.4, -0.2) is 23.7 Å². The van der Waals surface area contributed by atoms with Crippen molar-refractivity contribution < 1.29 is 9.90 Å². The van der Waals surface area contributed by atoms with Gasteiger partial charge in [0.25, 0.3) is 0 Å². The van der Waals surface area contributed by atoms with Crippen molar-refractivity contribution >= 4 is 28.8 Å². The molecule has 1 amide bonds. The van der Waals surface area contributed by atoms with Crippen molar-refractivity contribution in [1.29, 1.82) is 0 Å². The van der Waals surface area contributed by atoms with Gasteiger partial charge in [0.05, 0.1) is 4.34 Å². The zero-order valence-corrected chi connectivity index (χ0v) is 11.5. The number of carbonyl (C=O) groups excluding carboxylic acids is 1. The maximum atomic E-state index is 11.7. The normalized spacial score (nSPS) is 22.3. The van der Waals surface area contributed by atoms with Crippen LogP contribution in [0.1, 0.15) is 17.7 Å². The van der Waals surface area contributed by atoms with E-state index in [0.29, 0.717) is 6.42 Å². The molecule has 0 aliphatic heterocycles. The quantitative estimate of drug-likeness (QED) is 0.816. The van der Waals surface area contributed by atoms with Crippen LogP contribution in [0.15, 0.2) is 24.3 Å². The minimum atomic E-state index is 0.0489. The first-order valence-electron chi connectivity index (χ1n) is 6.00. The Bertz CT molecular complexity index is 444. The first kappa shape index (κ1) is 13.6. The molecule has 0 radical (unpaired) electrons. The van der Waals surface area contributed by atoms with E-state index in [-0.39, 0.29) is 24.5 Å². The van der Waals surface area contributed by atoms with Gasteiger partial charge in [-0.2, -0.15) is 0 Å². The van der Waals surface area contributed by atoms with Crippen LogP contribution in [0.4, 0.5) is 0 Å². The molecule has 0 saturated heterocycles. The molecule has 1 aliphatic rings. The maximum absolute atomic E-state index is 11.7. The number of aliphatic hydroxyl groups is 1. The number of hydrogen-bond donors (Lipinski definition) is 2. The van der Waals surface area contributed by atoms with Crippen LogP contribution >= 0.6 is 22.9 Å². The molecule has 1 aromatic rings. The van der Waals surface area contributed by atoms with Gasteiger partial charge < -0.3 is 10.4 Å². The molecule has 2 N–H and O–H groups in total. The molecule has 0 bridgehead atoms. The van der Waals surface area contributed by atoms with Crippen molar-refractivity contribution in [3.8, 4) is 0 Å². The number of halogens is 1. The van der Waals surface area contributed by atoms with Gasteiger partial charge >= 0.3 is 0 Å². The monoisotopic (exact) mass is 285 g/mol. The lowest BCUT2D eigenvalue weighted by Crippen LogP contribution is -2.32. The summed E-state index contributed by atoms with van der Waals surface area (Å²) in [5, 5.41) is 12.0. The van der Waals surface area contributed by atoms with E-state index in [9.17, 15) is 4.79 Å². The van der Waals surface area contributed by atoms with Crippen molar-refractivity contribution in [2.24, 2.45) is 5.92 Å². The number of hydrogen-bond acceptors (Lipinski definition) is 3. The smallest absolute Gasteiger partial charge is 0.220 e. The second-order valence-electron chi connectivity index (χ2n) is 4.44. The number of rotatable bonds is 5. The van der Waals surface area contributed by atoms with E-state index in [0.717, 1.165) is 22.1 Å². The fraction of sp³-hybridized carbons (Fsp3) is 0.462. The summed E-state index contributed by atoms with van der Waals surface area (Å²) in [5.41, 5.74) is 0. The van der Waals surface area contributed by atoms with Gasteiger partial charge in [0, 0.05) is 29.9 Å². The van der Waals surface area contributed by atoms with E-state index < -0.39 is 0 Å². The molecule has 1 aromatic heterocycles. The third kappa shape index (κ3) is 3.83. The summed E-state index contributed by atoms with van der Waals surface area (Å²) < 4.78 is 0.759. The van der Waals surface area contributed by atoms with E-state index in [1.807, 2.05) is 24.3 Å². The Kier molecular flexibility index (Phi) is 4.80. The number of nitrogens with one attached hydrogen (secondary N) is 1. The summed E-state index contributed by atoms with van der Waals surface area (Å²) in [6.45, 7) is 0.149. The average Bonchev–Trinajstić information content (AvgIpc) is 2.95. The second-order valence-corrected chi connectivity index (χ2v) is 6.24. The van der Waals surface area contributed by atoms with Crippen molar-refractivity contribution in [2.45, 2.75) is 25.3 Å². The number of aliphatic hydroxyl groups excluding tert-OH is 1. The zero-order chi connectivity index (χ0) is 13.0. The number of amides is 1. The third-order valence-electron chi connectivity index (χ3n) is 2.98. The van der Waals surface area contributed by atoms with Gasteiger partial charge in [-0.25, -0.2) is 0 Å². The van der Waals surface area contributed by atoms with Gasteiger partial charge in [0.1, 0.15) is 0 Å². The van der Waals surface area contributed by atoms with Crippen LogP contribution in [-0.2, 0) is 11.2 Å². The molecule has 2 rings (SSSR count). The zero-order valence-electron chi connectivity index (χ0n) is 9.93. The topological polar surface area (TPSA) is 49.3 Å². The highest BCUT2D eigenvalue weighted by molar-refractivity contribution is 7.16. The Hall–Kier alpha value is -0.840. The summed E-state index contributed by atoms with van der Waals surface area (Å²) in [7, 11) is 0. The molecule has 3 nitrogen and oxygen atoms in total. The highest BCUT2D eigenvalue weighted by atomic mass is 35.5. The molecule has 0 aromatic carbocycles. The minimum Gasteiger partial charge on any atom is -0.396 e. The highest BCUT2D eigenvalue weighted by Crippen LogP contribution is 2.22. The first-order chi connectivity index (χ1) is 8.67. The molecule has 1 aliphatic carbocycles. The Balaban J connectivity index is 1.71. The van der Waals surface area contributed by atoms with E-state index in [1.54, 1.807) is 0 Å². The Morgan fingerprint density at radius 1 is 1.50 bits per heavy atom. The summed E-state index contributed by atoms with van der Waals surface area (Å²) in [5.74, 6) is 0.235. The van der Waals surface area contributed by atoms with E-state index in [4.69, 9.17) is 16.7 Å².